The lowest BCUT2D eigenvalue weighted by atomic mass is 9.98. The van der Waals surface area contributed by atoms with Crippen LogP contribution < -0.4 is 4.90 Å². The van der Waals surface area contributed by atoms with Crippen molar-refractivity contribution in [2.75, 3.05) is 18.0 Å². The minimum absolute atomic E-state index is 0.00821. The molecule has 1 saturated heterocycles. The van der Waals surface area contributed by atoms with Crippen LogP contribution in [0.15, 0.2) is 18.2 Å². The van der Waals surface area contributed by atoms with Crippen molar-refractivity contribution in [3.63, 3.8) is 0 Å². The van der Waals surface area contributed by atoms with Gasteiger partial charge in [-0.25, -0.2) is 4.39 Å². The number of nitro benzene ring substituents is 1. The molecule has 1 aliphatic heterocycles. The molecule has 0 saturated carbocycles. The van der Waals surface area contributed by atoms with Crippen LogP contribution in [0.1, 0.15) is 12.8 Å². The van der Waals surface area contributed by atoms with Crippen molar-refractivity contribution in [2.45, 2.75) is 12.8 Å². The van der Waals surface area contributed by atoms with E-state index in [-0.39, 0.29) is 11.6 Å². The van der Waals surface area contributed by atoms with E-state index in [9.17, 15) is 19.3 Å². The summed E-state index contributed by atoms with van der Waals surface area (Å²) >= 11 is 0. The van der Waals surface area contributed by atoms with E-state index >= 15 is 0 Å². The summed E-state index contributed by atoms with van der Waals surface area (Å²) in [5, 5.41) is 10.9. The topological polar surface area (TPSA) is 63.5 Å². The number of nitro groups is 1. The van der Waals surface area contributed by atoms with E-state index in [0.29, 0.717) is 31.6 Å². The average Bonchev–Trinajstić information content (AvgIpc) is 2.38. The molecular formula is C12H13FN2O3. The van der Waals surface area contributed by atoms with Gasteiger partial charge in [0.2, 0.25) is 0 Å². The minimum atomic E-state index is -0.513. The summed E-state index contributed by atoms with van der Waals surface area (Å²) in [4.78, 5) is 22.8. The molecule has 1 aliphatic rings. The second-order valence-electron chi connectivity index (χ2n) is 4.35. The molecule has 5 nitrogen and oxygen atoms in total. The zero-order valence-corrected chi connectivity index (χ0v) is 9.71. The van der Waals surface area contributed by atoms with Gasteiger partial charge in [0, 0.05) is 31.1 Å². The van der Waals surface area contributed by atoms with Crippen LogP contribution in [0.2, 0.25) is 0 Å². The van der Waals surface area contributed by atoms with Crippen LogP contribution in [0.3, 0.4) is 0 Å². The van der Waals surface area contributed by atoms with E-state index in [4.69, 9.17) is 0 Å². The molecule has 0 amide bonds. The van der Waals surface area contributed by atoms with E-state index < -0.39 is 10.7 Å². The van der Waals surface area contributed by atoms with E-state index in [1.165, 1.54) is 12.1 Å². The number of hydrogen-bond donors (Lipinski definition) is 0. The molecule has 1 fully saturated rings. The molecule has 1 aromatic rings. The lowest BCUT2D eigenvalue weighted by Crippen LogP contribution is -2.34. The van der Waals surface area contributed by atoms with Crippen LogP contribution >= 0.6 is 0 Å². The fourth-order valence-corrected chi connectivity index (χ4v) is 2.18. The zero-order valence-electron chi connectivity index (χ0n) is 9.71. The molecule has 1 aromatic carbocycles. The molecular weight excluding hydrogens is 239 g/mol. The highest BCUT2D eigenvalue weighted by Crippen LogP contribution is 2.31. The number of carbonyl (C=O) groups excluding carboxylic acids is 1. The molecule has 2 rings (SSSR count). The summed E-state index contributed by atoms with van der Waals surface area (Å²) in [5.41, 5.74) is 0.199. The Kier molecular flexibility index (Phi) is 3.55. The number of nitrogens with zero attached hydrogens (tertiary/aromatic N) is 2. The smallest absolute Gasteiger partial charge is 0.292 e. The molecule has 6 heteroatoms. The van der Waals surface area contributed by atoms with E-state index in [2.05, 4.69) is 0 Å². The monoisotopic (exact) mass is 252 g/mol. The van der Waals surface area contributed by atoms with Crippen molar-refractivity contribution in [2.24, 2.45) is 5.92 Å². The Morgan fingerprint density at radius 2 is 2.06 bits per heavy atom. The Labute approximate surface area is 103 Å². The summed E-state index contributed by atoms with van der Waals surface area (Å²) < 4.78 is 13.2. The second kappa shape index (κ2) is 5.12. The number of benzene rings is 1. The number of hydrogen-bond acceptors (Lipinski definition) is 4. The predicted molar refractivity (Wildman–Crippen MR) is 64.1 cm³/mol. The first-order valence-corrected chi connectivity index (χ1v) is 5.76. The van der Waals surface area contributed by atoms with Gasteiger partial charge in [0.15, 0.2) is 0 Å². The minimum Gasteiger partial charge on any atom is -0.366 e. The summed E-state index contributed by atoms with van der Waals surface area (Å²) in [6.07, 6.45) is 2.21. The predicted octanol–water partition coefficient (Wildman–Crippen LogP) is 2.15. The van der Waals surface area contributed by atoms with Gasteiger partial charge in [-0.3, -0.25) is 10.1 Å². The quantitative estimate of drug-likeness (QED) is 0.469. The molecule has 1 heterocycles. The van der Waals surface area contributed by atoms with Gasteiger partial charge in [0.25, 0.3) is 5.69 Å². The number of piperidine rings is 1. The highest BCUT2D eigenvalue weighted by Gasteiger charge is 2.24. The third-order valence-corrected chi connectivity index (χ3v) is 3.21. The lowest BCUT2D eigenvalue weighted by Gasteiger charge is -2.31. The molecule has 96 valence electrons. The van der Waals surface area contributed by atoms with Crippen LogP contribution in [0, 0.1) is 21.8 Å². The zero-order chi connectivity index (χ0) is 13.1. The fourth-order valence-electron chi connectivity index (χ4n) is 2.18. The van der Waals surface area contributed by atoms with Gasteiger partial charge < -0.3 is 9.69 Å². The van der Waals surface area contributed by atoms with Crippen LogP contribution in [-0.4, -0.2) is 24.3 Å². The van der Waals surface area contributed by atoms with Crippen molar-refractivity contribution < 1.29 is 14.1 Å². The summed E-state index contributed by atoms with van der Waals surface area (Å²) in [6, 6.07) is 3.44. The van der Waals surface area contributed by atoms with Crippen molar-refractivity contribution in [3.8, 4) is 0 Å². The first-order valence-electron chi connectivity index (χ1n) is 5.76. The third kappa shape index (κ3) is 2.47. The van der Waals surface area contributed by atoms with Gasteiger partial charge >= 0.3 is 0 Å². The molecule has 0 atom stereocenters. The van der Waals surface area contributed by atoms with Crippen LogP contribution in [-0.2, 0) is 4.79 Å². The van der Waals surface area contributed by atoms with Gasteiger partial charge in [-0.05, 0) is 18.9 Å². The SMILES string of the molecule is O=CC1CCN(c2cc(F)ccc2[N+](=O)[O-])CC1. The first kappa shape index (κ1) is 12.5. The van der Waals surface area contributed by atoms with E-state index in [1.54, 1.807) is 4.90 Å². The fraction of sp³-hybridized carbons (Fsp3) is 0.417. The second-order valence-corrected chi connectivity index (χ2v) is 4.35. The highest BCUT2D eigenvalue weighted by molar-refractivity contribution is 5.64. The Hall–Kier alpha value is -1.98. The number of carbonyl (C=O) groups is 1. The average molecular weight is 252 g/mol. The Morgan fingerprint density at radius 3 is 2.61 bits per heavy atom. The number of rotatable bonds is 3. The maximum Gasteiger partial charge on any atom is 0.292 e. The molecule has 18 heavy (non-hydrogen) atoms. The van der Waals surface area contributed by atoms with Crippen LogP contribution in [0.25, 0.3) is 0 Å². The maximum absolute atomic E-state index is 13.2. The van der Waals surface area contributed by atoms with Gasteiger partial charge in [0.05, 0.1) is 4.92 Å². The third-order valence-electron chi connectivity index (χ3n) is 3.21. The maximum atomic E-state index is 13.2. The Morgan fingerprint density at radius 1 is 1.39 bits per heavy atom. The van der Waals surface area contributed by atoms with E-state index in [1.807, 2.05) is 0 Å². The number of anilines is 1. The molecule has 0 aliphatic carbocycles. The number of halogens is 1. The summed E-state index contributed by atoms with van der Waals surface area (Å²) in [5.74, 6) is -0.484. The largest absolute Gasteiger partial charge is 0.366 e. The molecule has 0 radical (unpaired) electrons. The van der Waals surface area contributed by atoms with Crippen LogP contribution in [0.5, 0.6) is 0 Å². The van der Waals surface area contributed by atoms with E-state index in [0.717, 1.165) is 12.4 Å². The number of aldehydes is 1. The molecule has 0 aromatic heterocycles. The normalized spacial score (nSPS) is 16.6. The van der Waals surface area contributed by atoms with Crippen molar-refractivity contribution in [3.05, 3.63) is 34.1 Å². The van der Waals surface area contributed by atoms with Crippen LogP contribution in [0.4, 0.5) is 15.8 Å². The molecule has 0 spiro atoms. The summed E-state index contributed by atoms with van der Waals surface area (Å²) in [7, 11) is 0. The highest BCUT2D eigenvalue weighted by atomic mass is 19.1. The van der Waals surface area contributed by atoms with Gasteiger partial charge in [-0.1, -0.05) is 0 Å². The van der Waals surface area contributed by atoms with Gasteiger partial charge in [0.1, 0.15) is 17.8 Å². The standard InChI is InChI=1S/C12H13FN2O3/c13-10-1-2-11(15(17)18)12(7-10)14-5-3-9(8-16)4-6-14/h1-2,7-9H,3-6H2. The van der Waals surface area contributed by atoms with Gasteiger partial charge in [-0.2, -0.15) is 0 Å². The molecule has 0 bridgehead atoms. The summed E-state index contributed by atoms with van der Waals surface area (Å²) in [6.45, 7) is 1.07. The first-order chi connectivity index (χ1) is 8.61. The Bertz CT molecular complexity index is 470. The van der Waals surface area contributed by atoms with Crippen molar-refractivity contribution in [1.82, 2.24) is 0 Å². The molecule has 0 unspecified atom stereocenters. The van der Waals surface area contributed by atoms with Crippen molar-refractivity contribution >= 4 is 17.7 Å². The lowest BCUT2D eigenvalue weighted by molar-refractivity contribution is -0.384. The molecule has 0 N–H and O–H groups in total. The Balaban J connectivity index is 2.25. The van der Waals surface area contributed by atoms with Gasteiger partial charge in [-0.15, -0.1) is 0 Å². The van der Waals surface area contributed by atoms with Crippen molar-refractivity contribution in [1.29, 1.82) is 0 Å².